The Balaban J connectivity index is 1.37. The van der Waals surface area contributed by atoms with Crippen LogP contribution in [0.5, 0.6) is 0 Å². The van der Waals surface area contributed by atoms with Crippen molar-refractivity contribution in [2.75, 3.05) is 31.1 Å². The predicted molar refractivity (Wildman–Crippen MR) is 90.8 cm³/mol. The van der Waals surface area contributed by atoms with Gasteiger partial charge in [0.2, 0.25) is 5.91 Å². The summed E-state index contributed by atoms with van der Waals surface area (Å²) in [6.45, 7) is 2.95. The molecule has 1 N–H and O–H groups in total. The van der Waals surface area contributed by atoms with E-state index in [2.05, 4.69) is 9.88 Å². The summed E-state index contributed by atoms with van der Waals surface area (Å²) in [6.07, 6.45) is 2.82. The van der Waals surface area contributed by atoms with Crippen LogP contribution in [-0.4, -0.2) is 53.2 Å². The smallest absolute Gasteiger partial charge is 0.298 e. The number of likely N-dealkylation sites (tertiary alicyclic amines) is 1. The Hall–Kier alpha value is -2.08. The molecule has 0 aliphatic carbocycles. The number of anilines is 1. The summed E-state index contributed by atoms with van der Waals surface area (Å²) in [4.78, 5) is 21.2. The first-order chi connectivity index (χ1) is 11.7. The van der Waals surface area contributed by atoms with Crippen LogP contribution >= 0.6 is 0 Å². The summed E-state index contributed by atoms with van der Waals surface area (Å²) < 4.78 is 5.82. The summed E-state index contributed by atoms with van der Waals surface area (Å²) in [6, 6.07) is 8.42. The molecule has 24 heavy (non-hydrogen) atoms. The van der Waals surface area contributed by atoms with Crippen LogP contribution in [0.1, 0.15) is 25.7 Å². The molecule has 2 fully saturated rings. The fraction of sp³-hybridized carbons (Fsp3) is 0.556. The predicted octanol–water partition coefficient (Wildman–Crippen LogP) is 2.03. The van der Waals surface area contributed by atoms with Crippen molar-refractivity contribution in [3.05, 3.63) is 24.3 Å². The van der Waals surface area contributed by atoms with Gasteiger partial charge in [-0.1, -0.05) is 12.1 Å². The van der Waals surface area contributed by atoms with Crippen molar-refractivity contribution in [2.45, 2.75) is 31.8 Å². The average molecular weight is 329 g/mol. The molecule has 6 heteroatoms. The highest BCUT2D eigenvalue weighted by atomic mass is 16.4. The van der Waals surface area contributed by atoms with Gasteiger partial charge in [0, 0.05) is 32.1 Å². The third-order valence-corrected chi connectivity index (χ3v) is 5.17. The number of oxazole rings is 1. The van der Waals surface area contributed by atoms with Crippen molar-refractivity contribution in [1.29, 1.82) is 0 Å². The Labute approximate surface area is 141 Å². The number of carbonyl (C=O) groups is 1. The van der Waals surface area contributed by atoms with E-state index in [-0.39, 0.29) is 17.9 Å². The van der Waals surface area contributed by atoms with E-state index < -0.39 is 0 Å². The van der Waals surface area contributed by atoms with Crippen LogP contribution in [0.4, 0.5) is 6.01 Å². The van der Waals surface area contributed by atoms with E-state index in [1.54, 1.807) is 0 Å². The fourth-order valence-corrected chi connectivity index (χ4v) is 3.66. The highest BCUT2D eigenvalue weighted by molar-refractivity contribution is 5.79. The molecule has 0 unspecified atom stereocenters. The minimum absolute atomic E-state index is 0.0841. The highest BCUT2D eigenvalue weighted by Gasteiger charge is 2.31. The Kier molecular flexibility index (Phi) is 4.14. The molecule has 128 valence electrons. The first-order valence-corrected chi connectivity index (χ1v) is 8.78. The van der Waals surface area contributed by atoms with Crippen molar-refractivity contribution in [3.8, 4) is 0 Å². The van der Waals surface area contributed by atoms with Crippen LogP contribution < -0.4 is 4.90 Å². The largest absolute Gasteiger partial charge is 0.423 e. The van der Waals surface area contributed by atoms with Gasteiger partial charge >= 0.3 is 0 Å². The number of amides is 1. The molecular formula is C18H23N3O3. The second-order valence-corrected chi connectivity index (χ2v) is 6.78. The summed E-state index contributed by atoms with van der Waals surface area (Å²) >= 11 is 0. The lowest BCUT2D eigenvalue weighted by atomic mass is 9.94. The lowest BCUT2D eigenvalue weighted by Gasteiger charge is -2.36. The monoisotopic (exact) mass is 329 g/mol. The lowest BCUT2D eigenvalue weighted by Crippen LogP contribution is -2.46. The van der Waals surface area contributed by atoms with Crippen LogP contribution in [0.15, 0.2) is 28.7 Å². The fourth-order valence-electron chi connectivity index (χ4n) is 3.66. The Morgan fingerprint density at radius 3 is 2.50 bits per heavy atom. The van der Waals surface area contributed by atoms with Crippen LogP contribution in [-0.2, 0) is 4.79 Å². The number of fused-ring (bicyclic) bond motifs is 1. The number of rotatable bonds is 2. The van der Waals surface area contributed by atoms with Gasteiger partial charge in [-0.3, -0.25) is 4.79 Å². The second-order valence-electron chi connectivity index (χ2n) is 6.78. The summed E-state index contributed by atoms with van der Waals surface area (Å²) in [5, 5.41) is 9.58. The molecular weight excluding hydrogens is 306 g/mol. The Bertz CT molecular complexity index is 680. The molecule has 2 aliphatic rings. The molecule has 6 nitrogen and oxygen atoms in total. The normalized spacial score (nSPS) is 20.7. The van der Waals surface area contributed by atoms with Gasteiger partial charge in [0.15, 0.2) is 5.58 Å². The molecule has 2 aromatic rings. The SMILES string of the molecule is O=C(C1CCN(c2nc3ccccc3o2)CC1)N1CCC(O)CC1. The molecule has 4 rings (SSSR count). The van der Waals surface area contributed by atoms with Gasteiger partial charge in [0.05, 0.1) is 6.10 Å². The number of aromatic nitrogens is 1. The summed E-state index contributed by atoms with van der Waals surface area (Å²) in [5.41, 5.74) is 1.68. The average Bonchev–Trinajstić information content (AvgIpc) is 3.06. The molecule has 0 bridgehead atoms. The van der Waals surface area contributed by atoms with E-state index in [4.69, 9.17) is 4.42 Å². The van der Waals surface area contributed by atoms with Crippen LogP contribution in [0, 0.1) is 5.92 Å². The first-order valence-electron chi connectivity index (χ1n) is 8.78. The number of carbonyl (C=O) groups excluding carboxylic acids is 1. The van der Waals surface area contributed by atoms with E-state index in [1.165, 1.54) is 0 Å². The lowest BCUT2D eigenvalue weighted by molar-refractivity contribution is -0.138. The van der Waals surface area contributed by atoms with Crippen molar-refractivity contribution in [1.82, 2.24) is 9.88 Å². The number of para-hydroxylation sites is 2. The molecule has 1 aromatic carbocycles. The van der Waals surface area contributed by atoms with Gasteiger partial charge in [0.1, 0.15) is 5.52 Å². The van der Waals surface area contributed by atoms with Gasteiger partial charge < -0.3 is 19.3 Å². The minimum Gasteiger partial charge on any atom is -0.423 e. The van der Waals surface area contributed by atoms with E-state index in [0.717, 1.165) is 37.0 Å². The van der Waals surface area contributed by atoms with Crippen LogP contribution in [0.3, 0.4) is 0 Å². The number of aliphatic hydroxyl groups excluding tert-OH is 1. The maximum absolute atomic E-state index is 12.6. The first kappa shape index (κ1) is 15.4. The summed E-state index contributed by atoms with van der Waals surface area (Å²) in [7, 11) is 0. The van der Waals surface area contributed by atoms with Gasteiger partial charge in [-0.15, -0.1) is 0 Å². The molecule has 2 saturated heterocycles. The topological polar surface area (TPSA) is 69.8 Å². The van der Waals surface area contributed by atoms with Crippen molar-refractivity contribution in [3.63, 3.8) is 0 Å². The zero-order valence-corrected chi connectivity index (χ0v) is 13.7. The number of piperidine rings is 2. The molecule has 1 aromatic heterocycles. The summed E-state index contributed by atoms with van der Waals surface area (Å²) in [5.74, 6) is 0.333. The van der Waals surface area contributed by atoms with E-state index in [1.807, 2.05) is 29.2 Å². The molecule has 0 atom stereocenters. The van der Waals surface area contributed by atoms with Crippen molar-refractivity contribution < 1.29 is 14.3 Å². The van der Waals surface area contributed by atoms with E-state index in [9.17, 15) is 9.90 Å². The highest BCUT2D eigenvalue weighted by Crippen LogP contribution is 2.27. The van der Waals surface area contributed by atoms with Gasteiger partial charge in [-0.2, -0.15) is 4.98 Å². The van der Waals surface area contributed by atoms with E-state index >= 15 is 0 Å². The zero-order chi connectivity index (χ0) is 16.5. The van der Waals surface area contributed by atoms with Crippen LogP contribution in [0.2, 0.25) is 0 Å². The Morgan fingerprint density at radius 2 is 1.79 bits per heavy atom. The third kappa shape index (κ3) is 2.98. The number of nitrogens with zero attached hydrogens (tertiary/aromatic N) is 3. The number of hydrogen-bond acceptors (Lipinski definition) is 5. The van der Waals surface area contributed by atoms with Crippen molar-refractivity contribution >= 4 is 23.0 Å². The Morgan fingerprint density at radius 1 is 1.08 bits per heavy atom. The molecule has 1 amide bonds. The maximum Gasteiger partial charge on any atom is 0.298 e. The molecule has 0 saturated carbocycles. The standard InChI is InChI=1S/C18H23N3O3/c22-14-7-11-20(12-8-14)17(23)13-5-9-21(10-6-13)18-19-15-3-1-2-4-16(15)24-18/h1-4,13-14,22H,5-12H2. The van der Waals surface area contributed by atoms with Gasteiger partial charge in [-0.05, 0) is 37.8 Å². The minimum atomic E-state index is -0.241. The quantitative estimate of drug-likeness (QED) is 0.913. The molecule has 3 heterocycles. The van der Waals surface area contributed by atoms with E-state index in [0.29, 0.717) is 31.9 Å². The third-order valence-electron chi connectivity index (χ3n) is 5.17. The van der Waals surface area contributed by atoms with Gasteiger partial charge in [-0.25, -0.2) is 0 Å². The second kappa shape index (κ2) is 6.43. The molecule has 0 radical (unpaired) electrons. The number of hydrogen-bond donors (Lipinski definition) is 1. The molecule has 0 spiro atoms. The van der Waals surface area contributed by atoms with Gasteiger partial charge in [0.25, 0.3) is 6.01 Å². The number of aliphatic hydroxyl groups is 1. The number of benzene rings is 1. The molecule has 2 aliphatic heterocycles. The van der Waals surface area contributed by atoms with Crippen molar-refractivity contribution in [2.24, 2.45) is 5.92 Å². The van der Waals surface area contributed by atoms with Crippen LogP contribution in [0.25, 0.3) is 11.1 Å². The zero-order valence-electron chi connectivity index (χ0n) is 13.7. The maximum atomic E-state index is 12.6.